The molecule has 1 fully saturated rings. The van der Waals surface area contributed by atoms with Crippen molar-refractivity contribution in [3.05, 3.63) is 24.3 Å². The van der Waals surface area contributed by atoms with Gasteiger partial charge in [0, 0.05) is 31.0 Å². The zero-order chi connectivity index (χ0) is 16.8. The fourth-order valence-corrected chi connectivity index (χ4v) is 3.10. The second-order valence-corrected chi connectivity index (χ2v) is 6.45. The molecular weight excluding hydrogens is 330 g/mol. The van der Waals surface area contributed by atoms with Gasteiger partial charge in [0.1, 0.15) is 5.75 Å². The molecule has 1 aliphatic heterocycles. The van der Waals surface area contributed by atoms with E-state index in [9.17, 15) is 5.11 Å². The number of morpholine rings is 1. The number of thioether (sulfide) groups is 1. The third-order valence-electron chi connectivity index (χ3n) is 3.72. The van der Waals surface area contributed by atoms with E-state index in [1.165, 1.54) is 11.8 Å². The molecule has 1 N–H and O–H groups in total. The summed E-state index contributed by atoms with van der Waals surface area (Å²) in [6.07, 6.45) is -0.440. The molecule has 24 heavy (non-hydrogen) atoms. The van der Waals surface area contributed by atoms with E-state index in [0.29, 0.717) is 23.4 Å². The molecule has 0 amide bonds. The van der Waals surface area contributed by atoms with Crippen LogP contribution >= 0.6 is 11.8 Å². The van der Waals surface area contributed by atoms with Gasteiger partial charge in [0.05, 0.1) is 26.4 Å². The minimum atomic E-state index is -0.440. The second-order valence-electron chi connectivity index (χ2n) is 5.48. The maximum Gasteiger partial charge on any atom is 0.276 e. The van der Waals surface area contributed by atoms with Crippen LogP contribution in [0.1, 0.15) is 0 Å². The molecule has 1 atom stereocenters. The molecule has 1 aromatic heterocycles. The van der Waals surface area contributed by atoms with Gasteiger partial charge in [-0.25, -0.2) is 0 Å². The van der Waals surface area contributed by atoms with Crippen LogP contribution in [0.15, 0.2) is 33.9 Å². The van der Waals surface area contributed by atoms with Gasteiger partial charge in [-0.3, -0.25) is 4.90 Å². The van der Waals surface area contributed by atoms with Gasteiger partial charge < -0.3 is 19.0 Å². The number of hydrogen-bond donors (Lipinski definition) is 1. The van der Waals surface area contributed by atoms with Crippen LogP contribution in [0.25, 0.3) is 11.5 Å². The molecule has 0 spiro atoms. The van der Waals surface area contributed by atoms with Crippen molar-refractivity contribution < 1.29 is 19.0 Å². The molecule has 3 rings (SSSR count). The standard InChI is InChI=1S/C16H21N3O4S/c1-21-14-4-2-12(3-5-14)15-17-18-16(23-15)24-11-13(20)10-19-6-8-22-9-7-19/h2-5,13,20H,6-11H2,1H3/t13-/m0/s1. The van der Waals surface area contributed by atoms with Crippen LogP contribution in [0.3, 0.4) is 0 Å². The van der Waals surface area contributed by atoms with Crippen LogP contribution in [0.4, 0.5) is 0 Å². The average molecular weight is 351 g/mol. The fraction of sp³-hybridized carbons (Fsp3) is 0.500. The van der Waals surface area contributed by atoms with Gasteiger partial charge in [-0.15, -0.1) is 10.2 Å². The van der Waals surface area contributed by atoms with Gasteiger partial charge in [-0.05, 0) is 24.3 Å². The number of ether oxygens (including phenoxy) is 2. The van der Waals surface area contributed by atoms with Crippen molar-refractivity contribution in [2.24, 2.45) is 0 Å². The highest BCUT2D eigenvalue weighted by molar-refractivity contribution is 7.99. The summed E-state index contributed by atoms with van der Waals surface area (Å²) >= 11 is 1.37. The van der Waals surface area contributed by atoms with Crippen LogP contribution in [0.2, 0.25) is 0 Å². The molecule has 130 valence electrons. The quantitative estimate of drug-likeness (QED) is 0.752. The Labute approximate surface area is 145 Å². The minimum absolute atomic E-state index is 0.440. The molecule has 2 aromatic rings. The summed E-state index contributed by atoms with van der Waals surface area (Å²) in [5.74, 6) is 1.75. The molecule has 1 aromatic carbocycles. The highest BCUT2D eigenvalue weighted by Gasteiger charge is 2.16. The van der Waals surface area contributed by atoms with Crippen molar-refractivity contribution in [1.82, 2.24) is 15.1 Å². The number of hydrogen-bond acceptors (Lipinski definition) is 8. The Hall–Kier alpha value is -1.61. The third kappa shape index (κ3) is 4.70. The molecule has 0 radical (unpaired) electrons. The van der Waals surface area contributed by atoms with E-state index in [1.54, 1.807) is 7.11 Å². The van der Waals surface area contributed by atoms with Crippen LogP contribution in [-0.2, 0) is 4.74 Å². The van der Waals surface area contributed by atoms with Crippen molar-refractivity contribution in [1.29, 1.82) is 0 Å². The van der Waals surface area contributed by atoms with Gasteiger partial charge in [-0.2, -0.15) is 0 Å². The van der Waals surface area contributed by atoms with Gasteiger partial charge >= 0.3 is 0 Å². The van der Waals surface area contributed by atoms with Gasteiger partial charge in [-0.1, -0.05) is 11.8 Å². The van der Waals surface area contributed by atoms with Crippen molar-refractivity contribution in [2.45, 2.75) is 11.3 Å². The Bertz CT molecular complexity index is 629. The van der Waals surface area contributed by atoms with E-state index in [2.05, 4.69) is 15.1 Å². The maximum absolute atomic E-state index is 10.1. The van der Waals surface area contributed by atoms with Crippen molar-refractivity contribution in [3.8, 4) is 17.2 Å². The van der Waals surface area contributed by atoms with Crippen LogP contribution in [-0.4, -0.2) is 72.0 Å². The lowest BCUT2D eigenvalue weighted by atomic mass is 10.2. The van der Waals surface area contributed by atoms with Crippen LogP contribution in [0.5, 0.6) is 5.75 Å². The predicted octanol–water partition coefficient (Wildman–Crippen LogP) is 1.53. The van der Waals surface area contributed by atoms with Gasteiger partial charge in [0.15, 0.2) is 0 Å². The van der Waals surface area contributed by atoms with E-state index in [1.807, 2.05) is 24.3 Å². The summed E-state index contributed by atoms with van der Waals surface area (Å²) < 4.78 is 16.1. The molecule has 8 heteroatoms. The second kappa shape index (κ2) is 8.48. The van der Waals surface area contributed by atoms with Crippen molar-refractivity contribution in [3.63, 3.8) is 0 Å². The van der Waals surface area contributed by atoms with E-state index in [-0.39, 0.29) is 0 Å². The Kier molecular flexibility index (Phi) is 6.08. The zero-order valence-corrected chi connectivity index (χ0v) is 14.4. The monoisotopic (exact) mass is 351 g/mol. The van der Waals surface area contributed by atoms with E-state index in [4.69, 9.17) is 13.9 Å². The SMILES string of the molecule is COc1ccc(-c2nnc(SC[C@@H](O)CN3CCOCC3)o2)cc1. The smallest absolute Gasteiger partial charge is 0.276 e. The summed E-state index contributed by atoms with van der Waals surface area (Å²) in [5, 5.41) is 18.7. The maximum atomic E-state index is 10.1. The largest absolute Gasteiger partial charge is 0.497 e. The first-order valence-corrected chi connectivity index (χ1v) is 8.82. The van der Waals surface area contributed by atoms with Crippen molar-refractivity contribution in [2.75, 3.05) is 45.7 Å². The number of β-amino-alcohol motifs (C(OH)–C–C–N with tert-alkyl or cyclic N) is 1. The van der Waals surface area contributed by atoms with Crippen LogP contribution in [0, 0.1) is 0 Å². The summed E-state index contributed by atoms with van der Waals surface area (Å²) in [6.45, 7) is 3.83. The molecule has 0 bridgehead atoms. The zero-order valence-electron chi connectivity index (χ0n) is 13.6. The first-order valence-electron chi connectivity index (χ1n) is 7.83. The molecule has 0 saturated carbocycles. The predicted molar refractivity (Wildman–Crippen MR) is 90.3 cm³/mol. The average Bonchev–Trinajstić information content (AvgIpc) is 3.10. The highest BCUT2D eigenvalue weighted by Crippen LogP contribution is 2.25. The molecule has 7 nitrogen and oxygen atoms in total. The Morgan fingerprint density at radius 3 is 2.71 bits per heavy atom. The minimum Gasteiger partial charge on any atom is -0.497 e. The van der Waals surface area contributed by atoms with E-state index >= 15 is 0 Å². The first kappa shape index (κ1) is 17.2. The van der Waals surface area contributed by atoms with Gasteiger partial charge in [0.2, 0.25) is 5.89 Å². The Morgan fingerprint density at radius 2 is 2.00 bits per heavy atom. The Morgan fingerprint density at radius 1 is 1.25 bits per heavy atom. The number of benzene rings is 1. The normalized spacial score (nSPS) is 16.9. The summed E-state index contributed by atoms with van der Waals surface area (Å²) in [4.78, 5) is 2.20. The van der Waals surface area contributed by atoms with Gasteiger partial charge in [0.25, 0.3) is 5.22 Å². The highest BCUT2D eigenvalue weighted by atomic mass is 32.2. The van der Waals surface area contributed by atoms with Crippen LogP contribution < -0.4 is 4.74 Å². The number of nitrogens with zero attached hydrogens (tertiary/aromatic N) is 3. The lowest BCUT2D eigenvalue weighted by Crippen LogP contribution is -2.41. The molecule has 1 saturated heterocycles. The third-order valence-corrected chi connectivity index (χ3v) is 4.68. The Balaban J connectivity index is 1.49. The fourth-order valence-electron chi connectivity index (χ4n) is 2.42. The summed E-state index contributed by atoms with van der Waals surface area (Å²) in [7, 11) is 1.62. The molecule has 0 unspecified atom stereocenters. The van der Waals surface area contributed by atoms with E-state index < -0.39 is 6.10 Å². The first-order chi connectivity index (χ1) is 11.7. The molecule has 0 aliphatic carbocycles. The van der Waals surface area contributed by atoms with E-state index in [0.717, 1.165) is 37.6 Å². The number of methoxy groups -OCH3 is 1. The van der Waals surface area contributed by atoms with Crippen molar-refractivity contribution >= 4 is 11.8 Å². The lowest BCUT2D eigenvalue weighted by Gasteiger charge is -2.28. The number of rotatable bonds is 7. The topological polar surface area (TPSA) is 80.9 Å². The number of aliphatic hydroxyl groups is 1. The number of aliphatic hydroxyl groups excluding tert-OH is 1. The lowest BCUT2D eigenvalue weighted by molar-refractivity contribution is 0.0188. The summed E-state index contributed by atoms with van der Waals surface area (Å²) in [5.41, 5.74) is 0.837. The molecular formula is C16H21N3O4S. The molecule has 2 heterocycles. The summed E-state index contributed by atoms with van der Waals surface area (Å²) in [6, 6.07) is 7.43. The number of aromatic nitrogens is 2. The molecule has 1 aliphatic rings.